The van der Waals surface area contributed by atoms with Gasteiger partial charge in [-0.2, -0.15) is 0 Å². The van der Waals surface area contributed by atoms with Crippen LogP contribution in [0.2, 0.25) is 0 Å². The summed E-state index contributed by atoms with van der Waals surface area (Å²) in [4.78, 5) is 21.3. The Hall–Kier alpha value is -2.40. The van der Waals surface area contributed by atoms with E-state index in [1.54, 1.807) is 11.3 Å². The van der Waals surface area contributed by atoms with Crippen molar-refractivity contribution < 1.29 is 4.79 Å². The van der Waals surface area contributed by atoms with Gasteiger partial charge in [-0.05, 0) is 38.3 Å². The second-order valence-electron chi connectivity index (χ2n) is 7.02. The third kappa shape index (κ3) is 3.31. The van der Waals surface area contributed by atoms with E-state index in [0.29, 0.717) is 5.92 Å². The van der Waals surface area contributed by atoms with Crippen molar-refractivity contribution >= 4 is 17.2 Å². The lowest BCUT2D eigenvalue weighted by Gasteiger charge is -2.17. The van der Waals surface area contributed by atoms with Crippen molar-refractivity contribution in [2.45, 2.75) is 26.8 Å². The van der Waals surface area contributed by atoms with E-state index in [2.05, 4.69) is 28.6 Å². The Kier molecular flexibility index (Phi) is 4.64. The monoisotopic (exact) mass is 365 g/mol. The van der Waals surface area contributed by atoms with Gasteiger partial charge in [0.1, 0.15) is 5.82 Å². The molecular weight excluding hydrogens is 342 g/mol. The number of thiophene rings is 1. The van der Waals surface area contributed by atoms with Gasteiger partial charge in [-0.3, -0.25) is 4.79 Å². The molecule has 2 aromatic heterocycles. The number of carbonyl (C=O) groups is 1. The van der Waals surface area contributed by atoms with Crippen LogP contribution in [0.25, 0.3) is 11.4 Å². The summed E-state index contributed by atoms with van der Waals surface area (Å²) in [6.07, 6.45) is 2.98. The Morgan fingerprint density at radius 1 is 1.19 bits per heavy atom. The largest absolute Gasteiger partial charge is 0.338 e. The zero-order valence-electron chi connectivity index (χ0n) is 15.2. The molecule has 1 aromatic carbocycles. The number of aryl methyl sites for hydroxylation is 2. The molecule has 1 unspecified atom stereocenters. The first kappa shape index (κ1) is 17.0. The zero-order valence-corrected chi connectivity index (χ0v) is 16.0. The second-order valence-corrected chi connectivity index (χ2v) is 8.30. The number of imidazole rings is 1. The highest BCUT2D eigenvalue weighted by Gasteiger charge is 2.28. The number of nitrogens with zero attached hydrogens (tertiary/aromatic N) is 3. The van der Waals surface area contributed by atoms with Crippen molar-refractivity contribution in [1.29, 1.82) is 0 Å². The first-order valence-electron chi connectivity index (χ1n) is 9.05. The summed E-state index contributed by atoms with van der Waals surface area (Å²) in [5.74, 6) is 1.66. The number of hydrogen-bond donors (Lipinski definition) is 0. The molecule has 4 nitrogen and oxygen atoms in total. The van der Waals surface area contributed by atoms with Crippen molar-refractivity contribution in [2.24, 2.45) is 5.92 Å². The summed E-state index contributed by atoms with van der Waals surface area (Å²) in [6.45, 7) is 6.71. The number of carbonyl (C=O) groups excluding carboxylic acids is 1. The molecule has 0 saturated carbocycles. The van der Waals surface area contributed by atoms with E-state index in [1.165, 1.54) is 10.6 Å². The molecule has 0 aliphatic carbocycles. The predicted molar refractivity (Wildman–Crippen MR) is 105 cm³/mol. The van der Waals surface area contributed by atoms with Crippen LogP contribution in [-0.2, 0) is 6.54 Å². The lowest BCUT2D eigenvalue weighted by Crippen LogP contribution is -2.28. The molecule has 1 aliphatic heterocycles. The fraction of sp³-hybridized carbons (Fsp3) is 0.333. The van der Waals surface area contributed by atoms with E-state index in [9.17, 15) is 4.79 Å². The Morgan fingerprint density at radius 2 is 2.00 bits per heavy atom. The van der Waals surface area contributed by atoms with Gasteiger partial charge in [0.25, 0.3) is 5.91 Å². The standard InChI is InChI=1S/C21H23N3OS/c1-15-12-22-20(18-6-4-3-5-7-18)24(15)14-17-10-11-23(13-17)21(25)19-9-8-16(2)26-19/h3-9,12,17H,10-11,13-14H2,1-2H3. The molecule has 0 N–H and O–H groups in total. The van der Waals surface area contributed by atoms with Crippen molar-refractivity contribution in [3.63, 3.8) is 0 Å². The van der Waals surface area contributed by atoms with Gasteiger partial charge in [0.15, 0.2) is 0 Å². The van der Waals surface area contributed by atoms with Crippen LogP contribution < -0.4 is 0 Å². The molecule has 0 bridgehead atoms. The number of hydrogen-bond acceptors (Lipinski definition) is 3. The van der Waals surface area contributed by atoms with Gasteiger partial charge in [0.2, 0.25) is 0 Å². The Morgan fingerprint density at radius 3 is 2.73 bits per heavy atom. The maximum atomic E-state index is 12.7. The van der Waals surface area contributed by atoms with E-state index in [-0.39, 0.29) is 5.91 Å². The molecule has 0 spiro atoms. The van der Waals surface area contributed by atoms with Crippen molar-refractivity contribution in [3.8, 4) is 11.4 Å². The van der Waals surface area contributed by atoms with E-state index in [4.69, 9.17) is 0 Å². The first-order chi connectivity index (χ1) is 12.6. The first-order valence-corrected chi connectivity index (χ1v) is 9.86. The fourth-order valence-corrected chi connectivity index (χ4v) is 4.47. The highest BCUT2D eigenvalue weighted by atomic mass is 32.1. The van der Waals surface area contributed by atoms with Crippen LogP contribution in [0, 0.1) is 19.8 Å². The molecule has 1 saturated heterocycles. The number of aromatic nitrogens is 2. The lowest BCUT2D eigenvalue weighted by molar-refractivity contribution is 0.0791. The molecule has 1 atom stereocenters. The predicted octanol–water partition coefficient (Wildman–Crippen LogP) is 4.39. The molecule has 4 rings (SSSR count). The van der Waals surface area contributed by atoms with Crippen LogP contribution in [0.3, 0.4) is 0 Å². The zero-order chi connectivity index (χ0) is 18.1. The average Bonchev–Trinajstić information content (AvgIpc) is 3.37. The van der Waals surface area contributed by atoms with Crippen molar-refractivity contribution in [3.05, 3.63) is 64.1 Å². The van der Waals surface area contributed by atoms with Gasteiger partial charge < -0.3 is 9.47 Å². The molecule has 1 amide bonds. The highest BCUT2D eigenvalue weighted by Crippen LogP contribution is 2.26. The van der Waals surface area contributed by atoms with E-state index in [0.717, 1.165) is 42.3 Å². The summed E-state index contributed by atoms with van der Waals surface area (Å²) in [7, 11) is 0. The van der Waals surface area contributed by atoms with Gasteiger partial charge >= 0.3 is 0 Å². The summed E-state index contributed by atoms with van der Waals surface area (Å²) in [5, 5.41) is 0. The quantitative estimate of drug-likeness (QED) is 0.688. The topological polar surface area (TPSA) is 38.1 Å². The SMILES string of the molecule is Cc1ccc(C(=O)N2CCC(Cn3c(C)cnc3-c3ccccc3)C2)s1. The van der Waals surface area contributed by atoms with Gasteiger partial charge in [-0.25, -0.2) is 4.98 Å². The minimum atomic E-state index is 0.177. The Labute approximate surface area is 158 Å². The maximum absolute atomic E-state index is 12.7. The van der Waals surface area contributed by atoms with Crippen molar-refractivity contribution in [2.75, 3.05) is 13.1 Å². The van der Waals surface area contributed by atoms with Gasteiger partial charge in [0.05, 0.1) is 4.88 Å². The Bertz CT molecular complexity index is 912. The average molecular weight is 366 g/mol. The van der Waals surface area contributed by atoms with Crippen LogP contribution in [0.5, 0.6) is 0 Å². The number of likely N-dealkylation sites (tertiary alicyclic amines) is 1. The maximum Gasteiger partial charge on any atom is 0.263 e. The molecule has 3 aromatic rings. The third-order valence-electron chi connectivity index (χ3n) is 5.05. The van der Waals surface area contributed by atoms with Crippen LogP contribution in [-0.4, -0.2) is 33.4 Å². The normalized spacial score (nSPS) is 17.0. The molecule has 0 radical (unpaired) electrons. The van der Waals surface area contributed by atoms with E-state index in [1.807, 2.05) is 48.4 Å². The highest BCUT2D eigenvalue weighted by molar-refractivity contribution is 7.13. The molecule has 5 heteroatoms. The van der Waals surface area contributed by atoms with Crippen LogP contribution in [0.1, 0.15) is 26.7 Å². The Balaban J connectivity index is 1.48. The smallest absolute Gasteiger partial charge is 0.263 e. The fourth-order valence-electron chi connectivity index (χ4n) is 3.64. The van der Waals surface area contributed by atoms with Crippen molar-refractivity contribution in [1.82, 2.24) is 14.5 Å². The summed E-state index contributed by atoms with van der Waals surface area (Å²) >= 11 is 1.59. The van der Waals surface area contributed by atoms with Gasteiger partial charge in [0, 0.05) is 42.0 Å². The number of benzene rings is 1. The van der Waals surface area contributed by atoms with Gasteiger partial charge in [-0.1, -0.05) is 30.3 Å². The summed E-state index contributed by atoms with van der Waals surface area (Å²) in [6, 6.07) is 14.3. The molecule has 3 heterocycles. The molecule has 1 fully saturated rings. The third-order valence-corrected chi connectivity index (χ3v) is 6.04. The molecule has 26 heavy (non-hydrogen) atoms. The minimum Gasteiger partial charge on any atom is -0.338 e. The molecule has 134 valence electrons. The van der Waals surface area contributed by atoms with E-state index < -0.39 is 0 Å². The van der Waals surface area contributed by atoms with Crippen LogP contribution in [0.15, 0.2) is 48.7 Å². The van der Waals surface area contributed by atoms with E-state index >= 15 is 0 Å². The van der Waals surface area contributed by atoms with Crippen LogP contribution >= 0.6 is 11.3 Å². The summed E-state index contributed by atoms with van der Waals surface area (Å²) < 4.78 is 2.29. The summed E-state index contributed by atoms with van der Waals surface area (Å²) in [5.41, 5.74) is 2.31. The van der Waals surface area contributed by atoms with Gasteiger partial charge in [-0.15, -0.1) is 11.3 Å². The molecular formula is C21H23N3OS. The number of rotatable bonds is 4. The molecule has 1 aliphatic rings. The van der Waals surface area contributed by atoms with Crippen LogP contribution in [0.4, 0.5) is 0 Å². The second kappa shape index (κ2) is 7.08. The number of amides is 1. The lowest BCUT2D eigenvalue weighted by atomic mass is 10.1. The minimum absolute atomic E-state index is 0.177.